The zero-order chi connectivity index (χ0) is 103. The number of hydrogen-bond acceptors (Lipinski definition) is 5. The van der Waals surface area contributed by atoms with Crippen LogP contribution in [0.3, 0.4) is 0 Å². The van der Waals surface area contributed by atoms with E-state index in [4.69, 9.17) is 10.5 Å². The van der Waals surface area contributed by atoms with E-state index in [1.807, 2.05) is 232 Å². The van der Waals surface area contributed by atoms with Crippen LogP contribution >= 0.6 is 93.0 Å². The van der Waals surface area contributed by atoms with E-state index in [2.05, 4.69) is 403 Å². The van der Waals surface area contributed by atoms with Gasteiger partial charge in [-0.3, -0.25) is 10.5 Å². The molecule has 0 atom stereocenters. The van der Waals surface area contributed by atoms with Crippen LogP contribution in [-0.4, -0.2) is 24.2 Å². The van der Waals surface area contributed by atoms with Crippen LogP contribution in [0.25, 0.3) is 82.5 Å². The van der Waals surface area contributed by atoms with Gasteiger partial charge in [0, 0.05) is 111 Å². The Hall–Kier alpha value is -13.0. The molecular weight excluding hydrogens is 2140 g/mol. The summed E-state index contributed by atoms with van der Waals surface area (Å²) in [6, 6.07) is 190. The third-order valence-corrected chi connectivity index (χ3v) is 44.5. The van der Waals surface area contributed by atoms with E-state index in [0.717, 1.165) is 90.2 Å². The Bertz CT molecular complexity index is 8210. The van der Waals surface area contributed by atoms with Gasteiger partial charge in [-0.1, -0.05) is 463 Å². The molecule has 8 nitrogen and oxygen atoms in total. The second-order valence-electron chi connectivity index (χ2n) is 35.4. The first-order chi connectivity index (χ1) is 73.2. The summed E-state index contributed by atoms with van der Waals surface area (Å²) in [5.74, 6) is 0. The molecule has 0 amide bonds. The van der Waals surface area contributed by atoms with Gasteiger partial charge in [0.15, 0.2) is 21.4 Å². The summed E-state index contributed by atoms with van der Waals surface area (Å²) in [4.78, 5) is 0. The van der Waals surface area contributed by atoms with E-state index in [-0.39, 0.29) is 18.9 Å². The van der Waals surface area contributed by atoms with E-state index < -0.39 is 45.2 Å². The first-order valence-electron chi connectivity index (χ1n) is 49.6. The van der Waals surface area contributed by atoms with Crippen LogP contribution in [-0.2, 0) is 13.7 Å². The predicted molar refractivity (Wildman–Crippen MR) is 657 cm³/mol. The molecule has 0 aliphatic rings. The van der Waals surface area contributed by atoms with Crippen molar-refractivity contribution < 1.29 is 43.1 Å². The molecule has 2 N–H and O–H groups in total. The van der Waals surface area contributed by atoms with Gasteiger partial charge in [-0.05, 0) is 229 Å². The first kappa shape index (κ1) is 107. The zero-order valence-corrected chi connectivity index (χ0v) is 93.5. The maximum absolute atomic E-state index is 15.8. The monoisotopic (exact) mass is 2240 g/mol. The molecule has 24 aromatic rings. The van der Waals surface area contributed by atoms with Crippen LogP contribution in [0.15, 0.2) is 559 Å². The maximum Gasteiger partial charge on any atom is 1.00 e. The minimum atomic E-state index is -3.34. The van der Waals surface area contributed by atoms with E-state index in [1.54, 1.807) is 0 Å². The van der Waals surface area contributed by atoms with Gasteiger partial charge in [-0.2, -0.15) is 6.42 Å². The Labute approximate surface area is 919 Å². The Morgan fingerprint density at radius 3 is 0.633 bits per heavy atom. The number of fused-ring (bicyclic) bond motifs is 9. The van der Waals surface area contributed by atoms with Crippen LogP contribution in [0.2, 0.25) is 0 Å². The standard InChI is InChI=1S/C54H40NO3P3.C54H40NP3.C18H10Br3N.C4H9.C2H6.Li.H2O2/c56-59(42-19-7-1-8-20-42,43-21-9-2-10-22-43)48-33-31-41(32-34-48)55-53-37-35-49(60(57,44-23-11-3-12-24-44)45-25-13-4-14-26-45)39-51(53)52-40-50(36-38-54(52)55)61(58,46-27-15-5-16-28-46)47-29-17-6-18-30-47;1-7-19-42(20-8-1)56(43-21-9-2-10-22-43)48-33-31-41(32-34-48)55-53-37-35-49(57(44-23-11-3-12-24-44)45-25-13-4-14-26-45)39-51(53)52-40-50(36-38-54(52)55)58(46-27-15-5-16-28-46)47-29-17-6-18-30-47;19-11-1-5-14(6-2-11)22-17-7-3-12(20)9-15(17)16-10-13(21)4-8-18(16)22;1-3-4-2;1-2;;1-2/h1-40H;1-40H;1-10H;1,3-4H2,2H3;1-2H3;;1-2H/q;;;-1;;+1;. The number of aromatic nitrogens is 3. The molecule has 0 spiro atoms. The second kappa shape index (κ2) is 49.8. The van der Waals surface area contributed by atoms with E-state index >= 15 is 13.7 Å². The summed E-state index contributed by atoms with van der Waals surface area (Å²) < 4.78 is 57.1. The molecule has 3 heterocycles. The third kappa shape index (κ3) is 22.2. The third-order valence-electron chi connectivity index (χ3n) is 26.5. The maximum atomic E-state index is 15.8. The van der Waals surface area contributed by atoms with Crippen molar-refractivity contribution in [2.24, 2.45) is 0 Å². The van der Waals surface area contributed by atoms with Crippen molar-refractivity contribution in [3.8, 4) is 17.1 Å². The molecule has 0 fully saturated rings. The summed E-state index contributed by atoms with van der Waals surface area (Å²) in [6.07, 6.45) is 2.28. The van der Waals surface area contributed by atoms with Gasteiger partial charge in [0.2, 0.25) is 0 Å². The van der Waals surface area contributed by atoms with Gasteiger partial charge in [-0.25, -0.2) is 0 Å². The normalized spacial score (nSPS) is 11.4. The molecule has 18 heteroatoms. The molecule has 0 saturated heterocycles. The zero-order valence-electron chi connectivity index (χ0n) is 83.4. The summed E-state index contributed by atoms with van der Waals surface area (Å²) in [5.41, 5.74) is 9.86. The Kier molecular flexibility index (Phi) is 35.5. The van der Waals surface area contributed by atoms with Crippen molar-refractivity contribution in [2.45, 2.75) is 33.6 Å². The minimum absolute atomic E-state index is 0. The quantitative estimate of drug-likeness (QED) is 0.0231. The summed E-state index contributed by atoms with van der Waals surface area (Å²) in [6.45, 7) is 9.72. The molecule has 0 radical (unpaired) electrons. The number of nitrogens with zero attached hydrogens (tertiary/aromatic N) is 3. The summed E-state index contributed by atoms with van der Waals surface area (Å²) in [7, 11) is -12.1. The molecule has 24 rings (SSSR count). The van der Waals surface area contributed by atoms with Crippen LogP contribution < -0.4 is 114 Å². The van der Waals surface area contributed by atoms with Crippen molar-refractivity contribution in [3.05, 3.63) is 566 Å². The Balaban J connectivity index is 0.000000153. The molecule has 150 heavy (non-hydrogen) atoms. The fourth-order valence-corrected chi connectivity index (χ4v) is 35.5. The largest absolute Gasteiger partial charge is 1.00 e. The van der Waals surface area contributed by atoms with Gasteiger partial charge in [-0.15, -0.1) is 0 Å². The number of unbranched alkanes of at least 4 members (excludes halogenated alkanes) is 1. The summed E-state index contributed by atoms with van der Waals surface area (Å²) >= 11 is 10.7. The molecule has 0 bridgehead atoms. The fraction of sp³-hybridized carbons (Fsp3) is 0.0379. The molecule has 3 aromatic heterocycles. The van der Waals surface area contributed by atoms with Crippen molar-refractivity contribution in [1.29, 1.82) is 0 Å². The van der Waals surface area contributed by atoms with Crippen LogP contribution in [0.1, 0.15) is 33.6 Å². The summed E-state index contributed by atoms with van der Waals surface area (Å²) in [5, 5.41) is 37.7. The van der Waals surface area contributed by atoms with Gasteiger partial charge in [0.05, 0.1) is 33.1 Å². The van der Waals surface area contributed by atoms with Crippen molar-refractivity contribution in [3.63, 3.8) is 0 Å². The Morgan fingerprint density at radius 2 is 0.380 bits per heavy atom. The van der Waals surface area contributed by atoms with Gasteiger partial charge < -0.3 is 34.3 Å². The van der Waals surface area contributed by atoms with E-state index in [1.165, 1.54) is 103 Å². The van der Waals surface area contributed by atoms with Crippen LogP contribution in [0.5, 0.6) is 0 Å². The number of hydrogen-bond donors (Lipinski definition) is 2. The van der Waals surface area contributed by atoms with E-state index in [9.17, 15) is 0 Å². The van der Waals surface area contributed by atoms with Crippen LogP contribution in [0.4, 0.5) is 0 Å². The molecule has 0 saturated carbocycles. The van der Waals surface area contributed by atoms with Crippen molar-refractivity contribution in [1.82, 2.24) is 13.7 Å². The topological polar surface area (TPSA) is 106 Å². The van der Waals surface area contributed by atoms with Crippen molar-refractivity contribution >= 4 is 254 Å². The van der Waals surface area contributed by atoms with Gasteiger partial charge >= 0.3 is 18.9 Å². The molecule has 21 aromatic carbocycles. The molecule has 0 aliphatic carbocycles. The van der Waals surface area contributed by atoms with Gasteiger partial charge in [0.25, 0.3) is 0 Å². The number of halogens is 3. The molecule has 732 valence electrons. The van der Waals surface area contributed by atoms with Gasteiger partial charge in [0.1, 0.15) is 0 Å². The molecule has 0 unspecified atom stereocenters. The van der Waals surface area contributed by atoms with E-state index in [0.29, 0.717) is 10.6 Å². The molecular formula is C132H107Br3LiN3O5P6. The average Bonchev–Trinajstić information content (AvgIpc) is 1.57. The average molecular weight is 2250 g/mol. The minimum Gasteiger partial charge on any atom is -0.343 e. The van der Waals surface area contributed by atoms with Crippen molar-refractivity contribution in [2.75, 3.05) is 0 Å². The van der Waals surface area contributed by atoms with Crippen LogP contribution in [0, 0.1) is 6.92 Å². The first-order valence-corrected chi connectivity index (χ1v) is 61.2. The smallest absolute Gasteiger partial charge is 0.343 e. The predicted octanol–water partition coefficient (Wildman–Crippen LogP) is 26.5. The second-order valence-corrected chi connectivity index (χ2v) is 53.1. The number of benzene rings is 21. The fourth-order valence-electron chi connectivity index (χ4n) is 19.6. The SMILES string of the molecule is Brc1ccc(-n2c3ccc(Br)cc3c3cc(Br)ccc32)cc1.CC.O=P(c1ccccc1)(c1ccccc1)c1ccc(-n2c3ccc(P(=O)(c4ccccc4)c4ccccc4)cc3c3cc(P(=O)(c4ccccc4)c4ccccc4)ccc32)cc1.OO.[CH2-]CCC.[Li+].c1ccc(P(c2ccccc2)c2ccc(-n3c4ccc(P(c5ccccc5)c5ccccc5)cc4c4cc(P(c5ccccc5)c5ccccc5)ccc43)cc2)cc1. The number of rotatable bonds is 22. The molecule has 0 aliphatic heterocycles. The Morgan fingerprint density at radius 1 is 0.213 bits per heavy atom.